The first-order chi connectivity index (χ1) is 13.0. The molecule has 4 rings (SSSR count). The first-order valence-corrected chi connectivity index (χ1v) is 10.6. The highest BCUT2D eigenvalue weighted by Crippen LogP contribution is 2.36. The van der Waals surface area contributed by atoms with Crippen molar-refractivity contribution in [3.8, 4) is 5.88 Å². The van der Waals surface area contributed by atoms with E-state index in [0.717, 1.165) is 12.8 Å². The fraction of sp³-hybridized carbons (Fsp3) is 0.368. The number of aromatic nitrogens is 3. The van der Waals surface area contributed by atoms with Crippen molar-refractivity contribution in [2.24, 2.45) is 5.92 Å². The van der Waals surface area contributed by atoms with Crippen LogP contribution < -0.4 is 10.5 Å². The molecule has 1 fully saturated rings. The molecule has 0 bridgehead atoms. The van der Waals surface area contributed by atoms with Gasteiger partial charge < -0.3 is 15.5 Å². The molecule has 2 aromatic heterocycles. The number of benzene rings is 1. The van der Waals surface area contributed by atoms with Gasteiger partial charge in [-0.15, -0.1) is 0 Å². The van der Waals surface area contributed by atoms with Crippen molar-refractivity contribution < 1.29 is 13.2 Å². The Morgan fingerprint density at radius 1 is 1.19 bits per heavy atom. The topological polar surface area (TPSA) is 111 Å². The molecule has 1 aliphatic carbocycles. The van der Waals surface area contributed by atoms with Crippen molar-refractivity contribution in [2.75, 3.05) is 5.73 Å². The van der Waals surface area contributed by atoms with E-state index in [0.29, 0.717) is 17.3 Å². The minimum atomic E-state index is -3.82. The Balaban J connectivity index is 1.77. The molecule has 0 aliphatic heterocycles. The summed E-state index contributed by atoms with van der Waals surface area (Å²) in [5.74, 6) is 0.850. The molecule has 0 radical (unpaired) electrons. The van der Waals surface area contributed by atoms with Crippen molar-refractivity contribution in [1.82, 2.24) is 15.0 Å². The molecule has 3 aromatic rings. The summed E-state index contributed by atoms with van der Waals surface area (Å²) in [7, 11) is -3.82. The predicted octanol–water partition coefficient (Wildman–Crippen LogP) is 3.33. The van der Waals surface area contributed by atoms with Crippen LogP contribution in [-0.4, -0.2) is 29.5 Å². The van der Waals surface area contributed by atoms with E-state index in [1.54, 1.807) is 18.2 Å². The fourth-order valence-electron chi connectivity index (χ4n) is 3.75. The summed E-state index contributed by atoms with van der Waals surface area (Å²) in [4.78, 5) is 11.4. The highest BCUT2D eigenvalue weighted by atomic mass is 32.2. The van der Waals surface area contributed by atoms with Crippen molar-refractivity contribution in [3.63, 3.8) is 0 Å². The van der Waals surface area contributed by atoms with Crippen molar-refractivity contribution >= 4 is 26.7 Å². The first kappa shape index (κ1) is 17.8. The van der Waals surface area contributed by atoms with Gasteiger partial charge in [0.1, 0.15) is 34.2 Å². The van der Waals surface area contributed by atoms with Crippen molar-refractivity contribution in [3.05, 3.63) is 36.7 Å². The maximum atomic E-state index is 13.1. The van der Waals surface area contributed by atoms with E-state index in [1.165, 1.54) is 31.3 Å². The summed E-state index contributed by atoms with van der Waals surface area (Å²) in [6, 6.07) is 8.17. The maximum absolute atomic E-state index is 13.1. The third-order valence-corrected chi connectivity index (χ3v) is 7.06. The minimum absolute atomic E-state index is 0.00990. The molecule has 27 heavy (non-hydrogen) atoms. The average Bonchev–Trinajstić information content (AvgIpc) is 3.30. The second kappa shape index (κ2) is 6.84. The molecule has 1 aromatic carbocycles. The summed E-state index contributed by atoms with van der Waals surface area (Å²) in [6.45, 7) is 2.03. The largest absolute Gasteiger partial charge is 0.473 e. The van der Waals surface area contributed by atoms with Gasteiger partial charge in [0, 0.05) is 0 Å². The van der Waals surface area contributed by atoms with Gasteiger partial charge in [0.25, 0.3) is 0 Å². The van der Waals surface area contributed by atoms with Gasteiger partial charge in [-0.3, -0.25) is 0 Å². The van der Waals surface area contributed by atoms with Gasteiger partial charge in [0.05, 0.1) is 4.90 Å². The molecule has 1 atom stereocenters. The molecule has 1 unspecified atom stereocenters. The van der Waals surface area contributed by atoms with Crippen LogP contribution in [0.15, 0.2) is 46.5 Å². The summed E-state index contributed by atoms with van der Waals surface area (Å²) in [5.41, 5.74) is 6.70. The Labute approximate surface area is 157 Å². The number of nitrogens with zero attached hydrogens (tertiary/aromatic N) is 2. The molecule has 2 heterocycles. The third-order valence-electron chi connectivity index (χ3n) is 5.22. The van der Waals surface area contributed by atoms with E-state index >= 15 is 0 Å². The van der Waals surface area contributed by atoms with Crippen molar-refractivity contribution in [1.29, 1.82) is 0 Å². The van der Waals surface area contributed by atoms with Crippen LogP contribution in [-0.2, 0) is 9.84 Å². The van der Waals surface area contributed by atoms with E-state index < -0.39 is 9.84 Å². The summed E-state index contributed by atoms with van der Waals surface area (Å²) >= 11 is 0. The lowest BCUT2D eigenvalue weighted by molar-refractivity contribution is 0.149. The van der Waals surface area contributed by atoms with Gasteiger partial charge in [-0.05, 0) is 37.8 Å². The normalized spacial score (nSPS) is 16.6. The van der Waals surface area contributed by atoms with Crippen LogP contribution in [0.1, 0.15) is 32.6 Å². The Kier molecular flexibility index (Phi) is 4.51. The minimum Gasteiger partial charge on any atom is -0.473 e. The van der Waals surface area contributed by atoms with Gasteiger partial charge in [0.15, 0.2) is 0 Å². The molecule has 7 nitrogen and oxygen atoms in total. The molecule has 8 heteroatoms. The van der Waals surface area contributed by atoms with Gasteiger partial charge in [-0.25, -0.2) is 13.4 Å². The maximum Gasteiger partial charge on any atom is 0.241 e. The number of ether oxygens (including phenoxy) is 1. The number of aromatic amines is 1. The molecule has 142 valence electrons. The van der Waals surface area contributed by atoms with Crippen LogP contribution in [0.3, 0.4) is 0 Å². The van der Waals surface area contributed by atoms with E-state index in [1.807, 2.05) is 6.92 Å². The second-order valence-electron chi connectivity index (χ2n) is 6.95. The van der Waals surface area contributed by atoms with Crippen LogP contribution in [0.2, 0.25) is 0 Å². The zero-order chi connectivity index (χ0) is 19.0. The molecule has 0 saturated heterocycles. The van der Waals surface area contributed by atoms with Crippen molar-refractivity contribution in [2.45, 2.75) is 48.5 Å². The van der Waals surface area contributed by atoms with Gasteiger partial charge in [-0.2, -0.15) is 4.98 Å². The van der Waals surface area contributed by atoms with E-state index in [4.69, 9.17) is 10.5 Å². The van der Waals surface area contributed by atoms with Gasteiger partial charge in [0.2, 0.25) is 15.7 Å². The highest BCUT2D eigenvalue weighted by molar-refractivity contribution is 7.92. The standard InChI is InChI=1S/C19H22N4O3S/c1-12(13-7-5-6-8-13)26-19-16-15(21-11-22-19)17(18(20)23-16)27(24,25)14-9-3-2-4-10-14/h2-4,9-13,23H,5-8,20H2,1H3. The average molecular weight is 386 g/mol. The first-order valence-electron chi connectivity index (χ1n) is 9.07. The molecule has 1 aliphatic rings. The lowest BCUT2D eigenvalue weighted by Crippen LogP contribution is -2.21. The number of hydrogen-bond donors (Lipinski definition) is 2. The van der Waals surface area contributed by atoms with Crippen LogP contribution in [0.5, 0.6) is 5.88 Å². The second-order valence-corrected chi connectivity index (χ2v) is 8.84. The number of rotatable bonds is 5. The number of nitrogen functional groups attached to an aromatic ring is 1. The van der Waals surface area contributed by atoms with E-state index in [2.05, 4.69) is 15.0 Å². The summed E-state index contributed by atoms with van der Waals surface area (Å²) in [5, 5.41) is 0. The molecular weight excluding hydrogens is 364 g/mol. The Hall–Kier alpha value is -2.61. The lowest BCUT2D eigenvalue weighted by atomic mass is 10.0. The number of sulfone groups is 1. The fourth-order valence-corrected chi connectivity index (χ4v) is 5.25. The zero-order valence-corrected chi connectivity index (χ0v) is 15.9. The molecular formula is C19H22N4O3S. The Morgan fingerprint density at radius 2 is 1.89 bits per heavy atom. The smallest absolute Gasteiger partial charge is 0.241 e. The Bertz CT molecular complexity index is 1060. The third kappa shape index (κ3) is 3.14. The number of hydrogen-bond acceptors (Lipinski definition) is 6. The van der Waals surface area contributed by atoms with Crippen LogP contribution in [0, 0.1) is 5.92 Å². The van der Waals surface area contributed by atoms with Crippen LogP contribution in [0.4, 0.5) is 5.82 Å². The van der Waals surface area contributed by atoms with Crippen LogP contribution >= 0.6 is 0 Å². The number of fused-ring (bicyclic) bond motifs is 1. The number of nitrogens with two attached hydrogens (primary N) is 1. The molecule has 3 N–H and O–H groups in total. The predicted molar refractivity (Wildman–Crippen MR) is 102 cm³/mol. The van der Waals surface area contributed by atoms with Gasteiger partial charge >= 0.3 is 0 Å². The molecule has 0 spiro atoms. The number of nitrogens with one attached hydrogen (secondary N) is 1. The summed E-state index contributed by atoms with van der Waals surface area (Å²) < 4.78 is 32.2. The van der Waals surface area contributed by atoms with E-state index in [-0.39, 0.29) is 27.2 Å². The quantitative estimate of drug-likeness (QED) is 0.696. The number of H-pyrrole nitrogens is 1. The molecule has 1 saturated carbocycles. The van der Waals surface area contributed by atoms with Crippen LogP contribution in [0.25, 0.3) is 11.0 Å². The monoisotopic (exact) mass is 386 g/mol. The molecule has 0 amide bonds. The zero-order valence-electron chi connectivity index (χ0n) is 15.1. The summed E-state index contributed by atoms with van der Waals surface area (Å²) in [6.07, 6.45) is 6.01. The SMILES string of the molecule is CC(Oc1ncnc2c(S(=O)(=O)c3ccccc3)c(N)[nH]c12)C1CCCC1. The van der Waals surface area contributed by atoms with E-state index in [9.17, 15) is 8.42 Å². The number of anilines is 1. The van der Waals surface area contributed by atoms with Gasteiger partial charge in [-0.1, -0.05) is 31.0 Å². The lowest BCUT2D eigenvalue weighted by Gasteiger charge is -2.20. The highest BCUT2D eigenvalue weighted by Gasteiger charge is 2.29. The Morgan fingerprint density at radius 3 is 2.59 bits per heavy atom.